The van der Waals surface area contributed by atoms with Gasteiger partial charge in [0.1, 0.15) is 11.2 Å². The summed E-state index contributed by atoms with van der Waals surface area (Å²) in [6.07, 6.45) is 0. The third-order valence-corrected chi connectivity index (χ3v) is 4.57. The molecule has 0 aromatic heterocycles. The van der Waals surface area contributed by atoms with Crippen molar-refractivity contribution >= 4 is 29.0 Å². The number of carbonyl (C=O) groups excluding carboxylic acids is 1. The van der Waals surface area contributed by atoms with Gasteiger partial charge in [-0.05, 0) is 30.3 Å². The second-order valence-electron chi connectivity index (χ2n) is 4.72. The molecular formula is C15H11FN2O3S. The molecule has 1 unspecified atom stereocenters. The minimum atomic E-state index is -0.487. The van der Waals surface area contributed by atoms with E-state index >= 15 is 0 Å². The molecule has 22 heavy (non-hydrogen) atoms. The van der Waals surface area contributed by atoms with Crippen LogP contribution in [0.5, 0.6) is 0 Å². The van der Waals surface area contributed by atoms with Crippen molar-refractivity contribution in [3.8, 4) is 0 Å². The van der Waals surface area contributed by atoms with E-state index in [4.69, 9.17) is 0 Å². The molecule has 1 atom stereocenters. The average Bonchev–Trinajstić information content (AvgIpc) is 2.90. The van der Waals surface area contributed by atoms with Crippen molar-refractivity contribution < 1.29 is 14.1 Å². The molecule has 5 nitrogen and oxygen atoms in total. The van der Waals surface area contributed by atoms with Gasteiger partial charge in [0.15, 0.2) is 0 Å². The maximum absolute atomic E-state index is 13.1. The molecule has 1 aliphatic rings. The Hall–Kier alpha value is -2.41. The molecule has 1 fully saturated rings. The maximum Gasteiger partial charge on any atom is 0.275 e. The second kappa shape index (κ2) is 5.76. The van der Waals surface area contributed by atoms with Gasteiger partial charge in [-0.1, -0.05) is 12.1 Å². The zero-order chi connectivity index (χ0) is 15.7. The summed E-state index contributed by atoms with van der Waals surface area (Å²) in [5.41, 5.74) is 0.967. The molecule has 0 spiro atoms. The van der Waals surface area contributed by atoms with Crippen molar-refractivity contribution in [1.82, 2.24) is 0 Å². The standard InChI is InChI=1S/C15H11FN2O3S/c16-10-5-7-11(8-6-10)17-14(19)9-22-15(17)12-3-1-2-4-13(12)18(20)21/h1-8,15H,9H2. The summed E-state index contributed by atoms with van der Waals surface area (Å²) in [4.78, 5) is 24.4. The lowest BCUT2D eigenvalue weighted by molar-refractivity contribution is -0.385. The van der Waals surface area contributed by atoms with Crippen LogP contribution in [0.25, 0.3) is 0 Å². The summed E-state index contributed by atoms with van der Waals surface area (Å²) >= 11 is 1.32. The van der Waals surface area contributed by atoms with Crippen LogP contribution in [0.4, 0.5) is 15.8 Å². The van der Waals surface area contributed by atoms with E-state index in [1.54, 1.807) is 18.2 Å². The fraction of sp³-hybridized carbons (Fsp3) is 0.133. The molecule has 1 saturated heterocycles. The molecule has 2 aromatic carbocycles. The highest BCUT2D eigenvalue weighted by Crippen LogP contribution is 2.44. The van der Waals surface area contributed by atoms with Crippen LogP contribution in [0.3, 0.4) is 0 Å². The topological polar surface area (TPSA) is 63.4 Å². The van der Waals surface area contributed by atoms with Crippen LogP contribution in [0, 0.1) is 15.9 Å². The highest BCUT2D eigenvalue weighted by Gasteiger charge is 2.37. The van der Waals surface area contributed by atoms with E-state index in [0.717, 1.165) is 0 Å². The van der Waals surface area contributed by atoms with Crippen LogP contribution in [0.15, 0.2) is 48.5 Å². The van der Waals surface area contributed by atoms with Gasteiger partial charge in [-0.3, -0.25) is 19.8 Å². The lowest BCUT2D eigenvalue weighted by Crippen LogP contribution is -2.28. The zero-order valence-corrected chi connectivity index (χ0v) is 12.1. The summed E-state index contributed by atoms with van der Waals surface area (Å²) in [5.74, 6) is -0.321. The number of nitro groups is 1. The number of benzene rings is 2. The fourth-order valence-corrected chi connectivity index (χ4v) is 3.60. The lowest BCUT2D eigenvalue weighted by atomic mass is 10.1. The van der Waals surface area contributed by atoms with E-state index in [1.807, 2.05) is 0 Å². The van der Waals surface area contributed by atoms with Gasteiger partial charge in [0, 0.05) is 11.8 Å². The number of nitrogens with zero attached hydrogens (tertiary/aromatic N) is 2. The molecule has 7 heteroatoms. The lowest BCUT2D eigenvalue weighted by Gasteiger charge is -2.24. The maximum atomic E-state index is 13.1. The van der Waals surface area contributed by atoms with Gasteiger partial charge in [-0.25, -0.2) is 4.39 Å². The highest BCUT2D eigenvalue weighted by molar-refractivity contribution is 8.00. The van der Waals surface area contributed by atoms with Gasteiger partial charge in [0.2, 0.25) is 5.91 Å². The first-order valence-corrected chi connectivity index (χ1v) is 7.55. The first-order valence-electron chi connectivity index (χ1n) is 6.50. The highest BCUT2D eigenvalue weighted by atomic mass is 32.2. The van der Waals surface area contributed by atoms with Crippen molar-refractivity contribution in [2.75, 3.05) is 10.7 Å². The third-order valence-electron chi connectivity index (χ3n) is 3.37. The SMILES string of the molecule is O=C1CSC(c2ccccc2[N+](=O)[O-])N1c1ccc(F)cc1. The number of rotatable bonds is 3. The fourth-order valence-electron chi connectivity index (χ4n) is 2.40. The van der Waals surface area contributed by atoms with Gasteiger partial charge in [-0.15, -0.1) is 11.8 Å². The molecule has 0 aliphatic carbocycles. The number of thioether (sulfide) groups is 1. The zero-order valence-electron chi connectivity index (χ0n) is 11.3. The predicted molar refractivity (Wildman–Crippen MR) is 82.2 cm³/mol. The van der Waals surface area contributed by atoms with Crippen LogP contribution < -0.4 is 4.90 Å². The smallest absolute Gasteiger partial charge is 0.275 e. The minimum Gasteiger partial charge on any atom is -0.295 e. The molecular weight excluding hydrogens is 307 g/mol. The second-order valence-corrected chi connectivity index (χ2v) is 5.79. The molecule has 1 amide bonds. The Balaban J connectivity index is 2.05. The number of nitro benzene ring substituents is 1. The molecule has 1 aliphatic heterocycles. The van der Waals surface area contributed by atoms with Crippen LogP contribution in [-0.2, 0) is 4.79 Å². The van der Waals surface area contributed by atoms with Crippen molar-refractivity contribution in [2.24, 2.45) is 0 Å². The van der Waals surface area contributed by atoms with Gasteiger partial charge >= 0.3 is 0 Å². The Bertz CT molecular complexity index is 736. The van der Waals surface area contributed by atoms with E-state index in [1.165, 1.54) is 47.0 Å². The van der Waals surface area contributed by atoms with Gasteiger partial charge in [0.25, 0.3) is 5.69 Å². The Morgan fingerprint density at radius 3 is 2.55 bits per heavy atom. The number of halogens is 1. The Morgan fingerprint density at radius 2 is 1.86 bits per heavy atom. The van der Waals surface area contributed by atoms with Crippen LogP contribution in [0.2, 0.25) is 0 Å². The molecule has 0 bridgehead atoms. The molecule has 0 N–H and O–H groups in total. The van der Waals surface area contributed by atoms with Gasteiger partial charge in [0.05, 0.1) is 16.2 Å². The normalized spacial score (nSPS) is 17.8. The van der Waals surface area contributed by atoms with Crippen LogP contribution in [-0.4, -0.2) is 16.6 Å². The first-order chi connectivity index (χ1) is 10.6. The molecule has 112 valence electrons. The van der Waals surface area contributed by atoms with E-state index in [2.05, 4.69) is 0 Å². The Morgan fingerprint density at radius 1 is 1.18 bits per heavy atom. The molecule has 0 radical (unpaired) electrons. The molecule has 1 heterocycles. The summed E-state index contributed by atoms with van der Waals surface area (Å²) in [6.45, 7) is 0. The number of hydrogen-bond acceptors (Lipinski definition) is 4. The number of para-hydroxylation sites is 1. The van der Waals surface area contributed by atoms with E-state index in [-0.39, 0.29) is 17.3 Å². The molecule has 2 aromatic rings. The summed E-state index contributed by atoms with van der Waals surface area (Å²) < 4.78 is 13.1. The molecule has 3 rings (SSSR count). The van der Waals surface area contributed by atoms with Crippen molar-refractivity contribution in [3.63, 3.8) is 0 Å². The monoisotopic (exact) mass is 318 g/mol. The number of hydrogen-bond donors (Lipinski definition) is 0. The summed E-state index contributed by atoms with van der Waals surface area (Å²) in [5, 5.41) is 10.7. The minimum absolute atomic E-state index is 0.0261. The molecule has 0 saturated carbocycles. The predicted octanol–water partition coefficient (Wildman–Crippen LogP) is 3.51. The quantitative estimate of drug-likeness (QED) is 0.642. The number of amides is 1. The average molecular weight is 318 g/mol. The largest absolute Gasteiger partial charge is 0.295 e. The third kappa shape index (κ3) is 2.55. The number of anilines is 1. The summed E-state index contributed by atoms with van der Waals surface area (Å²) in [7, 11) is 0. The van der Waals surface area contributed by atoms with E-state index in [0.29, 0.717) is 11.3 Å². The summed E-state index contributed by atoms with van der Waals surface area (Å²) in [6, 6.07) is 11.9. The Labute approximate surface area is 129 Å². The van der Waals surface area contributed by atoms with E-state index in [9.17, 15) is 19.3 Å². The van der Waals surface area contributed by atoms with Crippen molar-refractivity contribution in [1.29, 1.82) is 0 Å². The van der Waals surface area contributed by atoms with Crippen molar-refractivity contribution in [3.05, 3.63) is 70.0 Å². The van der Waals surface area contributed by atoms with Gasteiger partial charge < -0.3 is 0 Å². The van der Waals surface area contributed by atoms with Crippen molar-refractivity contribution in [2.45, 2.75) is 5.37 Å². The van der Waals surface area contributed by atoms with Crippen LogP contribution in [0.1, 0.15) is 10.9 Å². The number of carbonyl (C=O) groups is 1. The van der Waals surface area contributed by atoms with E-state index < -0.39 is 16.1 Å². The van der Waals surface area contributed by atoms with Gasteiger partial charge in [-0.2, -0.15) is 0 Å². The Kier molecular flexibility index (Phi) is 3.81. The van der Waals surface area contributed by atoms with Crippen LogP contribution >= 0.6 is 11.8 Å². The first kappa shape index (κ1) is 14.5.